The van der Waals surface area contributed by atoms with E-state index in [1.54, 1.807) is 24.8 Å². The Morgan fingerprint density at radius 2 is 1.68 bits per heavy atom. The second kappa shape index (κ2) is 12.2. The van der Waals surface area contributed by atoms with Crippen molar-refractivity contribution in [2.45, 2.75) is 45.7 Å². The summed E-state index contributed by atoms with van der Waals surface area (Å²) < 4.78 is 5.08. The van der Waals surface area contributed by atoms with Crippen molar-refractivity contribution in [1.29, 1.82) is 5.26 Å². The van der Waals surface area contributed by atoms with Gasteiger partial charge in [-0.25, -0.2) is 0 Å². The van der Waals surface area contributed by atoms with Gasteiger partial charge >= 0.3 is 5.97 Å². The molecule has 1 aliphatic rings. The zero-order valence-corrected chi connectivity index (χ0v) is 21.7. The summed E-state index contributed by atoms with van der Waals surface area (Å²) in [5, 5.41) is 9.19. The fraction of sp³-hybridized carbons (Fsp3) is 0.290. The van der Waals surface area contributed by atoms with E-state index in [1.165, 1.54) is 4.90 Å². The van der Waals surface area contributed by atoms with Gasteiger partial charge < -0.3 is 14.5 Å². The third-order valence-corrected chi connectivity index (χ3v) is 6.69. The molecule has 1 atom stereocenters. The number of fused-ring (bicyclic) bond motifs is 1. The highest BCUT2D eigenvalue weighted by atomic mass is 16.5. The largest absolute Gasteiger partial charge is 0.466 e. The molecule has 0 saturated heterocycles. The first-order valence-electron chi connectivity index (χ1n) is 12.8. The minimum atomic E-state index is -0.507. The number of aryl methyl sites for hydroxylation is 2. The third kappa shape index (κ3) is 6.27. The number of benzene rings is 3. The maximum atomic E-state index is 13.8. The molecule has 0 saturated carbocycles. The van der Waals surface area contributed by atoms with E-state index in [9.17, 15) is 19.6 Å². The molecule has 3 aromatic carbocycles. The van der Waals surface area contributed by atoms with Gasteiger partial charge in [-0.15, -0.1) is 0 Å². The van der Waals surface area contributed by atoms with Crippen molar-refractivity contribution in [3.05, 3.63) is 101 Å². The van der Waals surface area contributed by atoms with Crippen molar-refractivity contribution in [2.75, 3.05) is 18.1 Å². The summed E-state index contributed by atoms with van der Waals surface area (Å²) in [4.78, 5) is 42.6. The molecule has 194 valence electrons. The molecule has 1 heterocycles. The molecule has 4 rings (SSSR count). The lowest BCUT2D eigenvalue weighted by molar-refractivity contribution is -0.144. The quantitative estimate of drug-likeness (QED) is 0.391. The molecule has 0 aromatic heterocycles. The van der Waals surface area contributed by atoms with Gasteiger partial charge in [0, 0.05) is 6.04 Å². The van der Waals surface area contributed by atoms with E-state index in [1.807, 2.05) is 66.7 Å². The lowest BCUT2D eigenvalue weighted by atomic mass is 9.99. The van der Waals surface area contributed by atoms with Crippen LogP contribution in [0.5, 0.6) is 0 Å². The summed E-state index contributed by atoms with van der Waals surface area (Å²) >= 11 is 0. The number of nitrogens with zero attached hydrogens (tertiary/aromatic N) is 3. The highest BCUT2D eigenvalue weighted by Gasteiger charge is 2.35. The Morgan fingerprint density at radius 1 is 0.974 bits per heavy atom. The molecular formula is C31H31N3O4. The van der Waals surface area contributed by atoms with Crippen LogP contribution in [-0.4, -0.2) is 41.9 Å². The summed E-state index contributed by atoms with van der Waals surface area (Å²) in [6.45, 7) is 3.96. The normalized spacial score (nSPS) is 13.9. The zero-order valence-electron chi connectivity index (χ0n) is 21.7. The van der Waals surface area contributed by atoms with Gasteiger partial charge in [0.1, 0.15) is 6.54 Å². The topological polar surface area (TPSA) is 90.7 Å². The lowest BCUT2D eigenvalue weighted by Gasteiger charge is -2.27. The van der Waals surface area contributed by atoms with E-state index in [2.05, 4.69) is 6.07 Å². The molecule has 0 bridgehead atoms. The monoisotopic (exact) mass is 509 g/mol. The average molecular weight is 510 g/mol. The van der Waals surface area contributed by atoms with Gasteiger partial charge in [0.25, 0.3) is 5.91 Å². The van der Waals surface area contributed by atoms with E-state index < -0.39 is 12.0 Å². The van der Waals surface area contributed by atoms with Gasteiger partial charge in [-0.3, -0.25) is 14.4 Å². The third-order valence-electron chi connectivity index (χ3n) is 6.69. The summed E-state index contributed by atoms with van der Waals surface area (Å²) in [5.74, 6) is -0.897. The standard InChI is InChI=1S/C31H31N3O4/c1-3-38-30(36)16-22(2)33-21-29(35)34(20-25-8-5-4-6-9-25)28-15-14-24(18-27(28)31(33)37)13-12-23-10-7-11-26(17-23)19-32/h4-11,14-15,17-18,22H,3,12-13,16,20-21H2,1-2H3. The van der Waals surface area contributed by atoms with Crippen LogP contribution in [0.15, 0.2) is 72.8 Å². The highest BCUT2D eigenvalue weighted by molar-refractivity contribution is 6.10. The predicted octanol–water partition coefficient (Wildman–Crippen LogP) is 4.67. The number of nitriles is 1. The molecule has 7 nitrogen and oxygen atoms in total. The Balaban J connectivity index is 1.66. The second-order valence-electron chi connectivity index (χ2n) is 9.42. The summed E-state index contributed by atoms with van der Waals surface area (Å²) in [6.07, 6.45) is 1.38. The van der Waals surface area contributed by atoms with Gasteiger partial charge in [0.05, 0.1) is 42.5 Å². The van der Waals surface area contributed by atoms with E-state index in [-0.39, 0.29) is 31.4 Å². The maximum Gasteiger partial charge on any atom is 0.307 e. The Morgan fingerprint density at radius 3 is 2.39 bits per heavy atom. The van der Waals surface area contributed by atoms with Crippen molar-refractivity contribution < 1.29 is 19.1 Å². The first-order chi connectivity index (χ1) is 18.4. The van der Waals surface area contributed by atoms with Crippen LogP contribution >= 0.6 is 0 Å². The highest BCUT2D eigenvalue weighted by Crippen LogP contribution is 2.30. The molecule has 0 aliphatic carbocycles. The Hall–Kier alpha value is -4.44. The van der Waals surface area contributed by atoms with Crippen LogP contribution in [0.4, 0.5) is 5.69 Å². The van der Waals surface area contributed by atoms with Gasteiger partial charge in [-0.05, 0) is 67.6 Å². The molecule has 7 heteroatoms. The molecule has 2 amide bonds. The van der Waals surface area contributed by atoms with Crippen LogP contribution in [0.1, 0.15) is 52.9 Å². The van der Waals surface area contributed by atoms with Gasteiger partial charge in [-0.2, -0.15) is 5.26 Å². The van der Waals surface area contributed by atoms with E-state index in [0.29, 0.717) is 36.2 Å². The first kappa shape index (κ1) is 26.6. The molecule has 1 unspecified atom stereocenters. The number of carbonyl (C=O) groups is 3. The van der Waals surface area contributed by atoms with Crippen molar-refractivity contribution in [2.24, 2.45) is 0 Å². The van der Waals surface area contributed by atoms with Crippen LogP contribution < -0.4 is 4.90 Å². The Labute approximate surface area is 223 Å². The molecule has 3 aromatic rings. The van der Waals surface area contributed by atoms with Crippen molar-refractivity contribution in [1.82, 2.24) is 4.90 Å². The molecule has 1 aliphatic heterocycles. The van der Waals surface area contributed by atoms with Gasteiger partial charge in [0.15, 0.2) is 0 Å². The molecule has 0 radical (unpaired) electrons. The fourth-order valence-electron chi connectivity index (χ4n) is 4.69. The number of ether oxygens (including phenoxy) is 1. The minimum Gasteiger partial charge on any atom is -0.466 e. The number of hydrogen-bond donors (Lipinski definition) is 0. The average Bonchev–Trinajstić information content (AvgIpc) is 3.03. The summed E-state index contributed by atoms with van der Waals surface area (Å²) in [6, 6.07) is 24.4. The Bertz CT molecular complexity index is 1360. The Kier molecular flexibility index (Phi) is 8.55. The summed E-state index contributed by atoms with van der Waals surface area (Å²) in [7, 11) is 0. The zero-order chi connectivity index (χ0) is 27.1. The van der Waals surface area contributed by atoms with Crippen LogP contribution in [0, 0.1) is 11.3 Å². The second-order valence-corrected chi connectivity index (χ2v) is 9.42. The summed E-state index contributed by atoms with van der Waals surface area (Å²) in [5.41, 5.74) is 4.55. The van der Waals surface area contributed by atoms with E-state index in [4.69, 9.17) is 4.74 Å². The van der Waals surface area contributed by atoms with Crippen LogP contribution in [0.25, 0.3) is 0 Å². The number of amides is 2. The molecular weight excluding hydrogens is 478 g/mol. The fourth-order valence-corrected chi connectivity index (χ4v) is 4.69. The molecule has 0 N–H and O–H groups in total. The van der Waals surface area contributed by atoms with Crippen molar-refractivity contribution in [3.63, 3.8) is 0 Å². The number of hydrogen-bond acceptors (Lipinski definition) is 5. The SMILES string of the molecule is CCOC(=O)CC(C)N1CC(=O)N(Cc2ccccc2)c2ccc(CCc3cccc(C#N)c3)cc2C1=O. The van der Waals surface area contributed by atoms with E-state index >= 15 is 0 Å². The first-order valence-corrected chi connectivity index (χ1v) is 12.8. The van der Waals surface area contributed by atoms with Gasteiger partial charge in [-0.1, -0.05) is 48.5 Å². The predicted molar refractivity (Wildman–Crippen MR) is 144 cm³/mol. The van der Waals surface area contributed by atoms with Crippen LogP contribution in [0.2, 0.25) is 0 Å². The molecule has 38 heavy (non-hydrogen) atoms. The molecule has 0 fully saturated rings. The molecule has 0 spiro atoms. The van der Waals surface area contributed by atoms with E-state index in [0.717, 1.165) is 16.7 Å². The number of carbonyl (C=O) groups excluding carboxylic acids is 3. The smallest absolute Gasteiger partial charge is 0.307 e. The van der Waals surface area contributed by atoms with Crippen LogP contribution in [0.3, 0.4) is 0 Å². The number of anilines is 1. The number of rotatable bonds is 9. The number of esters is 1. The van der Waals surface area contributed by atoms with Crippen LogP contribution in [-0.2, 0) is 33.7 Å². The lowest BCUT2D eigenvalue weighted by Crippen LogP contribution is -2.44. The van der Waals surface area contributed by atoms with Crippen molar-refractivity contribution in [3.8, 4) is 6.07 Å². The minimum absolute atomic E-state index is 0.00972. The van der Waals surface area contributed by atoms with Crippen molar-refractivity contribution >= 4 is 23.5 Å². The maximum absolute atomic E-state index is 13.8. The van der Waals surface area contributed by atoms with Gasteiger partial charge in [0.2, 0.25) is 5.91 Å².